The highest BCUT2D eigenvalue weighted by Gasteiger charge is 2.33. The molecule has 1 aromatic rings. The van der Waals surface area contributed by atoms with Gasteiger partial charge in [0.2, 0.25) is 5.09 Å². The van der Waals surface area contributed by atoms with E-state index in [-0.39, 0.29) is 29.0 Å². The number of furan rings is 1. The Morgan fingerprint density at radius 1 is 1.20 bits per heavy atom. The Labute approximate surface area is 150 Å². The van der Waals surface area contributed by atoms with Crippen molar-refractivity contribution < 1.29 is 22.4 Å². The molecule has 0 aliphatic heterocycles. The maximum absolute atomic E-state index is 12.2. The number of ether oxygens (including phenoxy) is 1. The number of hydrogen-bond acceptors (Lipinski definition) is 5. The lowest BCUT2D eigenvalue weighted by Gasteiger charge is -2.36. The van der Waals surface area contributed by atoms with Crippen LogP contribution < -0.4 is 0 Å². The van der Waals surface area contributed by atoms with E-state index >= 15 is 0 Å². The van der Waals surface area contributed by atoms with Gasteiger partial charge in [-0.1, -0.05) is 20.8 Å². The first-order chi connectivity index (χ1) is 11.5. The van der Waals surface area contributed by atoms with Crippen molar-refractivity contribution in [2.24, 2.45) is 17.3 Å². The zero-order valence-electron chi connectivity index (χ0n) is 15.7. The van der Waals surface area contributed by atoms with Crippen LogP contribution in [0, 0.1) is 17.3 Å². The fraction of sp³-hybridized carbons (Fsp3) is 0.722. The van der Waals surface area contributed by atoms with Gasteiger partial charge in [0.05, 0.1) is 5.92 Å². The molecule has 25 heavy (non-hydrogen) atoms. The van der Waals surface area contributed by atoms with Gasteiger partial charge in [-0.25, -0.2) is 12.7 Å². The summed E-state index contributed by atoms with van der Waals surface area (Å²) in [5, 5.41) is -0.144. The third kappa shape index (κ3) is 4.85. The second-order valence-corrected chi connectivity index (χ2v) is 10.1. The first-order valence-corrected chi connectivity index (χ1v) is 10.1. The van der Waals surface area contributed by atoms with Gasteiger partial charge in [0.1, 0.15) is 12.4 Å². The van der Waals surface area contributed by atoms with E-state index in [0.29, 0.717) is 11.7 Å². The van der Waals surface area contributed by atoms with Crippen LogP contribution in [-0.4, -0.2) is 32.8 Å². The molecule has 1 heterocycles. The van der Waals surface area contributed by atoms with Crippen LogP contribution in [0.3, 0.4) is 0 Å². The Morgan fingerprint density at radius 2 is 1.80 bits per heavy atom. The molecule has 0 spiro atoms. The number of nitrogens with zero attached hydrogens (tertiary/aromatic N) is 1. The van der Waals surface area contributed by atoms with Gasteiger partial charge < -0.3 is 9.15 Å². The van der Waals surface area contributed by atoms with Crippen molar-refractivity contribution >= 4 is 16.0 Å². The molecule has 0 amide bonds. The molecule has 1 fully saturated rings. The molecule has 1 aliphatic rings. The van der Waals surface area contributed by atoms with Crippen LogP contribution >= 0.6 is 0 Å². The van der Waals surface area contributed by atoms with Gasteiger partial charge in [0.25, 0.3) is 10.0 Å². The largest absolute Gasteiger partial charge is 0.457 e. The molecule has 0 bridgehead atoms. The fourth-order valence-electron chi connectivity index (χ4n) is 3.21. The van der Waals surface area contributed by atoms with Gasteiger partial charge in [-0.05, 0) is 49.1 Å². The Balaban J connectivity index is 1.86. The van der Waals surface area contributed by atoms with Crippen LogP contribution in [0.2, 0.25) is 0 Å². The molecule has 0 N–H and O–H groups in total. The Kier molecular flexibility index (Phi) is 5.99. The molecule has 1 aliphatic carbocycles. The van der Waals surface area contributed by atoms with Gasteiger partial charge >= 0.3 is 5.97 Å². The maximum atomic E-state index is 12.2. The number of hydrogen-bond donors (Lipinski definition) is 0. The summed E-state index contributed by atoms with van der Waals surface area (Å²) in [6.45, 7) is 6.69. The molecule has 2 rings (SSSR count). The van der Waals surface area contributed by atoms with Crippen molar-refractivity contribution in [3.05, 3.63) is 17.9 Å². The van der Waals surface area contributed by atoms with E-state index in [4.69, 9.17) is 9.15 Å². The number of carbonyl (C=O) groups excluding carboxylic acids is 1. The van der Waals surface area contributed by atoms with Crippen molar-refractivity contribution in [1.82, 2.24) is 4.31 Å². The highest BCUT2D eigenvalue weighted by Crippen LogP contribution is 2.40. The SMILES string of the molecule is CN(C)S(=O)(=O)c1ccc(COC(=O)C2CCC(C(C)(C)C)CC2)o1. The van der Waals surface area contributed by atoms with Crippen molar-refractivity contribution in [2.45, 2.75) is 58.2 Å². The average molecular weight is 371 g/mol. The minimum atomic E-state index is -3.61. The quantitative estimate of drug-likeness (QED) is 0.741. The molecule has 1 aromatic heterocycles. The Morgan fingerprint density at radius 3 is 2.32 bits per heavy atom. The predicted octanol–water partition coefficient (Wildman–Crippen LogP) is 3.43. The van der Waals surface area contributed by atoms with Crippen LogP contribution in [0.25, 0.3) is 0 Å². The number of sulfonamides is 1. The summed E-state index contributed by atoms with van der Waals surface area (Å²) >= 11 is 0. The molecule has 0 aromatic carbocycles. The van der Waals surface area contributed by atoms with E-state index in [1.807, 2.05) is 0 Å². The summed E-state index contributed by atoms with van der Waals surface area (Å²) in [6, 6.07) is 2.91. The van der Waals surface area contributed by atoms with Crippen LogP contribution in [0.15, 0.2) is 21.6 Å². The van der Waals surface area contributed by atoms with Crippen LogP contribution in [0.1, 0.15) is 52.2 Å². The summed E-state index contributed by atoms with van der Waals surface area (Å²) in [5.41, 5.74) is 0.275. The highest BCUT2D eigenvalue weighted by atomic mass is 32.2. The van der Waals surface area contributed by atoms with Crippen molar-refractivity contribution in [2.75, 3.05) is 14.1 Å². The zero-order chi connectivity index (χ0) is 18.8. The minimum absolute atomic E-state index is 0.0407. The number of rotatable bonds is 5. The van der Waals surface area contributed by atoms with E-state index in [1.54, 1.807) is 0 Å². The normalized spacial score (nSPS) is 22.2. The zero-order valence-corrected chi connectivity index (χ0v) is 16.6. The predicted molar refractivity (Wildman–Crippen MR) is 94.3 cm³/mol. The number of esters is 1. The lowest BCUT2D eigenvalue weighted by atomic mass is 9.70. The highest BCUT2D eigenvalue weighted by molar-refractivity contribution is 7.88. The van der Waals surface area contributed by atoms with E-state index < -0.39 is 10.0 Å². The van der Waals surface area contributed by atoms with Crippen molar-refractivity contribution in [1.29, 1.82) is 0 Å². The van der Waals surface area contributed by atoms with Gasteiger partial charge in [0, 0.05) is 14.1 Å². The summed E-state index contributed by atoms with van der Waals surface area (Å²) in [4.78, 5) is 12.2. The third-order valence-electron chi connectivity index (χ3n) is 5.01. The lowest BCUT2D eigenvalue weighted by Crippen LogP contribution is -2.29. The van der Waals surface area contributed by atoms with E-state index in [9.17, 15) is 13.2 Å². The minimum Gasteiger partial charge on any atom is -0.457 e. The van der Waals surface area contributed by atoms with Crippen LogP contribution in [0.4, 0.5) is 0 Å². The molecular formula is C18H29NO5S. The first kappa shape index (κ1) is 20.0. The van der Waals surface area contributed by atoms with Gasteiger partial charge in [0.15, 0.2) is 0 Å². The lowest BCUT2D eigenvalue weighted by molar-refractivity contribution is -0.152. The summed E-state index contributed by atoms with van der Waals surface area (Å²) in [5.74, 6) is 0.678. The molecule has 0 atom stereocenters. The number of carbonyl (C=O) groups is 1. The Bertz CT molecular complexity index is 691. The smallest absolute Gasteiger partial charge is 0.309 e. The fourth-order valence-corrected chi connectivity index (χ4v) is 4.02. The van der Waals surface area contributed by atoms with Crippen molar-refractivity contribution in [3.8, 4) is 0 Å². The standard InChI is InChI=1S/C18H29NO5S/c1-18(2,3)14-8-6-13(7-9-14)17(20)23-12-15-10-11-16(24-15)25(21,22)19(4)5/h10-11,13-14H,6-9,12H2,1-5H3. The first-order valence-electron chi connectivity index (χ1n) is 8.69. The summed E-state index contributed by atoms with van der Waals surface area (Å²) in [6.07, 6.45) is 3.77. The maximum Gasteiger partial charge on any atom is 0.309 e. The molecule has 6 nitrogen and oxygen atoms in total. The topological polar surface area (TPSA) is 76.8 Å². The van der Waals surface area contributed by atoms with Crippen LogP contribution in [0.5, 0.6) is 0 Å². The van der Waals surface area contributed by atoms with E-state index in [2.05, 4.69) is 20.8 Å². The van der Waals surface area contributed by atoms with Gasteiger partial charge in [-0.15, -0.1) is 0 Å². The molecule has 0 saturated heterocycles. The monoisotopic (exact) mass is 371 g/mol. The van der Waals surface area contributed by atoms with Gasteiger partial charge in [-0.2, -0.15) is 0 Å². The molecule has 1 saturated carbocycles. The third-order valence-corrected chi connectivity index (χ3v) is 6.70. The summed E-state index contributed by atoms with van der Waals surface area (Å²) < 4.78 is 35.6. The molecule has 0 radical (unpaired) electrons. The molecule has 142 valence electrons. The second kappa shape index (κ2) is 7.50. The molecular weight excluding hydrogens is 342 g/mol. The van der Waals surface area contributed by atoms with Crippen LogP contribution in [-0.2, 0) is 26.2 Å². The van der Waals surface area contributed by atoms with E-state index in [0.717, 1.165) is 30.0 Å². The van der Waals surface area contributed by atoms with Gasteiger partial charge in [-0.3, -0.25) is 4.79 Å². The molecule has 7 heteroatoms. The Hall–Kier alpha value is -1.34. The second-order valence-electron chi connectivity index (χ2n) is 8.03. The molecule has 0 unspecified atom stereocenters. The summed E-state index contributed by atoms with van der Waals surface area (Å²) in [7, 11) is -0.737. The van der Waals surface area contributed by atoms with Crippen molar-refractivity contribution in [3.63, 3.8) is 0 Å². The average Bonchev–Trinajstić information content (AvgIpc) is 3.01. The van der Waals surface area contributed by atoms with E-state index in [1.165, 1.54) is 26.2 Å².